The summed E-state index contributed by atoms with van der Waals surface area (Å²) in [7, 11) is 1.76. The zero-order valence-electron chi connectivity index (χ0n) is 15.8. The average Bonchev–Trinajstić information content (AvgIpc) is 3.23. The molecular formula is C20H18F3N3O4. The summed E-state index contributed by atoms with van der Waals surface area (Å²) in [4.78, 5) is 26.9. The van der Waals surface area contributed by atoms with E-state index in [1.807, 2.05) is 42.5 Å². The van der Waals surface area contributed by atoms with Crippen molar-refractivity contribution in [3.63, 3.8) is 0 Å². The highest BCUT2D eigenvalue weighted by molar-refractivity contribution is 5.92. The molecule has 0 aliphatic rings. The van der Waals surface area contributed by atoms with E-state index in [-0.39, 0.29) is 5.91 Å². The highest BCUT2D eigenvalue weighted by Gasteiger charge is 2.38. The maximum atomic E-state index is 12.4. The first-order valence-corrected chi connectivity index (χ1v) is 8.65. The lowest BCUT2D eigenvalue weighted by atomic mass is 10.1. The third-order valence-corrected chi connectivity index (χ3v) is 3.86. The van der Waals surface area contributed by atoms with Crippen molar-refractivity contribution < 1.29 is 32.4 Å². The van der Waals surface area contributed by atoms with Gasteiger partial charge in [0.15, 0.2) is 11.5 Å². The summed E-state index contributed by atoms with van der Waals surface area (Å²) in [6.45, 7) is 0.608. The number of carbonyl (C=O) groups excluding carboxylic acids is 1. The van der Waals surface area contributed by atoms with E-state index in [4.69, 9.17) is 14.4 Å². The largest absolute Gasteiger partial charge is 0.490 e. The van der Waals surface area contributed by atoms with Crippen LogP contribution in [0, 0.1) is 0 Å². The Morgan fingerprint density at radius 2 is 1.70 bits per heavy atom. The molecule has 0 saturated heterocycles. The van der Waals surface area contributed by atoms with Gasteiger partial charge in [-0.2, -0.15) is 13.2 Å². The number of amides is 1. The van der Waals surface area contributed by atoms with Crippen LogP contribution in [0.1, 0.15) is 16.1 Å². The van der Waals surface area contributed by atoms with Crippen molar-refractivity contribution in [2.75, 3.05) is 13.6 Å². The lowest BCUT2D eigenvalue weighted by Crippen LogP contribution is -2.29. The second kappa shape index (κ2) is 10.2. The van der Waals surface area contributed by atoms with E-state index < -0.39 is 12.1 Å². The van der Waals surface area contributed by atoms with Gasteiger partial charge in [0.05, 0.1) is 0 Å². The molecule has 0 fully saturated rings. The minimum Gasteiger partial charge on any atom is -0.475 e. The number of hydrogen-bond donors (Lipinski definition) is 1. The first-order chi connectivity index (χ1) is 14.2. The molecule has 0 bridgehead atoms. The van der Waals surface area contributed by atoms with Crippen LogP contribution in [-0.4, -0.2) is 51.8 Å². The molecule has 30 heavy (non-hydrogen) atoms. The number of aromatic nitrogens is 2. The molecular weight excluding hydrogens is 403 g/mol. The Balaban J connectivity index is 0.000000396. The molecule has 10 heteroatoms. The van der Waals surface area contributed by atoms with Crippen molar-refractivity contribution in [3.05, 3.63) is 72.2 Å². The standard InChI is InChI=1S/C18H17N3O2.C2HF3O2/c1-21(12-9-14-7-10-19-11-8-14)18(22)16-13-17(23-20-16)15-5-3-2-4-6-15;3-2(4,5)1(6)7/h2-8,10-11,13H,9,12H2,1H3;(H,6,7). The lowest BCUT2D eigenvalue weighted by molar-refractivity contribution is -0.192. The van der Waals surface area contributed by atoms with Crippen molar-refractivity contribution in [1.29, 1.82) is 0 Å². The molecule has 0 aliphatic heterocycles. The van der Waals surface area contributed by atoms with Gasteiger partial charge in [-0.1, -0.05) is 35.5 Å². The van der Waals surface area contributed by atoms with Crippen LogP contribution in [0.5, 0.6) is 0 Å². The Kier molecular flexibility index (Phi) is 7.68. The van der Waals surface area contributed by atoms with Gasteiger partial charge in [-0.3, -0.25) is 9.78 Å². The molecule has 0 aliphatic carbocycles. The van der Waals surface area contributed by atoms with Crippen molar-refractivity contribution >= 4 is 11.9 Å². The quantitative estimate of drug-likeness (QED) is 0.675. The average molecular weight is 421 g/mol. The third kappa shape index (κ3) is 6.73. The predicted molar refractivity (Wildman–Crippen MR) is 101 cm³/mol. The minimum atomic E-state index is -5.08. The maximum Gasteiger partial charge on any atom is 0.490 e. The number of halogens is 3. The van der Waals surface area contributed by atoms with Crippen LogP contribution in [0.3, 0.4) is 0 Å². The molecule has 3 aromatic rings. The van der Waals surface area contributed by atoms with Crippen LogP contribution < -0.4 is 0 Å². The number of pyridine rings is 1. The molecule has 3 rings (SSSR count). The number of nitrogens with zero attached hydrogens (tertiary/aromatic N) is 3. The number of hydrogen-bond acceptors (Lipinski definition) is 5. The summed E-state index contributed by atoms with van der Waals surface area (Å²) in [6.07, 6.45) is -0.810. The maximum absolute atomic E-state index is 12.4. The Hall–Kier alpha value is -3.69. The molecule has 1 N–H and O–H groups in total. The summed E-state index contributed by atoms with van der Waals surface area (Å²) in [5, 5.41) is 11.0. The number of carboxylic acid groups (broad SMARTS) is 1. The van der Waals surface area contributed by atoms with E-state index in [0.29, 0.717) is 18.0 Å². The van der Waals surface area contributed by atoms with E-state index in [2.05, 4.69) is 10.1 Å². The third-order valence-electron chi connectivity index (χ3n) is 3.86. The second-order valence-electron chi connectivity index (χ2n) is 6.08. The number of rotatable bonds is 5. The Bertz CT molecular complexity index is 960. The molecule has 0 saturated carbocycles. The minimum absolute atomic E-state index is 0.148. The zero-order chi connectivity index (χ0) is 22.1. The van der Waals surface area contributed by atoms with Gasteiger partial charge in [0.1, 0.15) is 0 Å². The van der Waals surface area contributed by atoms with Crippen LogP contribution in [0.2, 0.25) is 0 Å². The number of aliphatic carboxylic acids is 1. The molecule has 158 valence electrons. The van der Waals surface area contributed by atoms with Gasteiger partial charge in [0.2, 0.25) is 0 Å². The van der Waals surface area contributed by atoms with Gasteiger partial charge in [-0.15, -0.1) is 0 Å². The fraction of sp³-hybridized carbons (Fsp3) is 0.200. The van der Waals surface area contributed by atoms with Crippen molar-refractivity contribution in [2.45, 2.75) is 12.6 Å². The number of alkyl halides is 3. The SMILES string of the molecule is CN(CCc1ccncc1)C(=O)c1cc(-c2ccccc2)on1.O=C(O)C(F)(F)F. The van der Waals surface area contributed by atoms with E-state index in [0.717, 1.165) is 17.5 Å². The molecule has 7 nitrogen and oxygen atoms in total. The molecule has 1 aromatic carbocycles. The first kappa shape index (κ1) is 22.6. The molecule has 2 aromatic heterocycles. The molecule has 0 radical (unpaired) electrons. The monoisotopic (exact) mass is 421 g/mol. The predicted octanol–water partition coefficient (Wildman–Crippen LogP) is 3.68. The van der Waals surface area contributed by atoms with E-state index in [1.54, 1.807) is 30.4 Å². The van der Waals surface area contributed by atoms with E-state index >= 15 is 0 Å². The topological polar surface area (TPSA) is 96.5 Å². The number of carboxylic acids is 1. The van der Waals surface area contributed by atoms with Gasteiger partial charge >= 0.3 is 12.1 Å². The van der Waals surface area contributed by atoms with Gasteiger partial charge in [0.25, 0.3) is 5.91 Å². The molecule has 0 atom stereocenters. The van der Waals surface area contributed by atoms with E-state index in [1.165, 1.54) is 0 Å². The Morgan fingerprint density at radius 3 is 2.27 bits per heavy atom. The van der Waals surface area contributed by atoms with Crippen LogP contribution in [-0.2, 0) is 11.2 Å². The lowest BCUT2D eigenvalue weighted by Gasteiger charge is -2.15. The van der Waals surface area contributed by atoms with Gasteiger partial charge in [-0.25, -0.2) is 4.79 Å². The van der Waals surface area contributed by atoms with Gasteiger partial charge in [0, 0.05) is 37.6 Å². The fourth-order valence-electron chi connectivity index (χ4n) is 2.26. The van der Waals surface area contributed by atoms with Gasteiger partial charge < -0.3 is 14.5 Å². The van der Waals surface area contributed by atoms with Crippen molar-refractivity contribution in [1.82, 2.24) is 15.0 Å². The second-order valence-corrected chi connectivity index (χ2v) is 6.08. The summed E-state index contributed by atoms with van der Waals surface area (Å²) in [6, 6.07) is 15.2. The van der Waals surface area contributed by atoms with Crippen LogP contribution in [0.15, 0.2) is 65.4 Å². The van der Waals surface area contributed by atoms with Crippen LogP contribution in [0.4, 0.5) is 13.2 Å². The van der Waals surface area contributed by atoms with Crippen LogP contribution >= 0.6 is 0 Å². The van der Waals surface area contributed by atoms with Crippen molar-refractivity contribution in [2.24, 2.45) is 0 Å². The van der Waals surface area contributed by atoms with Gasteiger partial charge in [-0.05, 0) is 24.1 Å². The number of likely N-dealkylation sites (N-methyl/N-ethyl adjacent to an activating group) is 1. The molecule has 0 unspecified atom stereocenters. The van der Waals surface area contributed by atoms with Crippen molar-refractivity contribution in [3.8, 4) is 11.3 Å². The summed E-state index contributed by atoms with van der Waals surface area (Å²) >= 11 is 0. The fourth-order valence-corrected chi connectivity index (χ4v) is 2.26. The molecule has 0 spiro atoms. The first-order valence-electron chi connectivity index (χ1n) is 8.65. The molecule has 1 amide bonds. The summed E-state index contributed by atoms with van der Waals surface area (Å²) in [5.74, 6) is -2.31. The Labute approximate surface area is 169 Å². The zero-order valence-corrected chi connectivity index (χ0v) is 15.8. The van der Waals surface area contributed by atoms with Crippen LogP contribution in [0.25, 0.3) is 11.3 Å². The Morgan fingerprint density at radius 1 is 1.10 bits per heavy atom. The summed E-state index contributed by atoms with van der Waals surface area (Å²) in [5.41, 5.74) is 2.37. The smallest absolute Gasteiger partial charge is 0.475 e. The number of benzene rings is 1. The summed E-state index contributed by atoms with van der Waals surface area (Å²) < 4.78 is 37.0. The normalized spacial score (nSPS) is 10.7. The molecule has 2 heterocycles. The highest BCUT2D eigenvalue weighted by Crippen LogP contribution is 2.20. The van der Waals surface area contributed by atoms with E-state index in [9.17, 15) is 18.0 Å². The highest BCUT2D eigenvalue weighted by atomic mass is 19.4. The number of carbonyl (C=O) groups is 2.